The molecular weight excluding hydrogens is 411 g/mol. The summed E-state index contributed by atoms with van der Waals surface area (Å²) < 4.78 is 41.4. The molecule has 2 rings (SSSR count). The lowest BCUT2D eigenvalue weighted by Crippen LogP contribution is -2.29. The Morgan fingerprint density at radius 2 is 1.63 bits per heavy atom. The molecule has 0 aliphatic heterocycles. The van der Waals surface area contributed by atoms with E-state index >= 15 is 0 Å². The van der Waals surface area contributed by atoms with Crippen molar-refractivity contribution < 1.29 is 37.2 Å². The second-order valence-electron chi connectivity index (χ2n) is 5.91. The lowest BCUT2D eigenvalue weighted by atomic mass is 10.2. The van der Waals surface area contributed by atoms with E-state index < -0.39 is 35.5 Å². The summed E-state index contributed by atoms with van der Waals surface area (Å²) in [5.41, 5.74) is 0.0891. The van der Waals surface area contributed by atoms with Crippen molar-refractivity contribution in [3.8, 4) is 0 Å². The summed E-state index contributed by atoms with van der Waals surface area (Å²) in [4.78, 5) is 44.9. The number of anilines is 2. The summed E-state index contributed by atoms with van der Waals surface area (Å²) >= 11 is 0. The van der Waals surface area contributed by atoms with Crippen LogP contribution in [0.25, 0.3) is 0 Å². The SMILES string of the molecule is Cc1ccc(NC(=O)COC(=O)c2ccc(NC(=O)C(F)(F)F)cc2)cc1[N+](=O)[O-]. The molecule has 0 spiro atoms. The number of alkyl halides is 3. The van der Waals surface area contributed by atoms with Crippen LogP contribution in [0.2, 0.25) is 0 Å². The van der Waals surface area contributed by atoms with Gasteiger partial charge in [-0.1, -0.05) is 6.07 Å². The highest BCUT2D eigenvalue weighted by Crippen LogP contribution is 2.22. The number of carbonyl (C=O) groups excluding carboxylic acids is 3. The molecule has 30 heavy (non-hydrogen) atoms. The minimum absolute atomic E-state index is 0.0706. The molecule has 0 aromatic heterocycles. The van der Waals surface area contributed by atoms with Gasteiger partial charge in [0.05, 0.1) is 10.5 Å². The molecule has 0 saturated heterocycles. The van der Waals surface area contributed by atoms with Gasteiger partial charge < -0.3 is 15.4 Å². The predicted molar refractivity (Wildman–Crippen MR) is 97.9 cm³/mol. The summed E-state index contributed by atoms with van der Waals surface area (Å²) in [5, 5.41) is 14.9. The Balaban J connectivity index is 1.91. The van der Waals surface area contributed by atoms with Gasteiger partial charge in [-0.3, -0.25) is 19.7 Å². The fourth-order valence-electron chi connectivity index (χ4n) is 2.19. The standard InChI is InChI=1S/C18H14F3N3O6/c1-10-2-5-13(8-14(10)24(28)29)22-15(25)9-30-16(26)11-3-6-12(7-4-11)23-17(27)18(19,20)21/h2-8H,9H2,1H3,(H,22,25)(H,23,27). The van der Waals surface area contributed by atoms with Gasteiger partial charge in [-0.25, -0.2) is 4.79 Å². The van der Waals surface area contributed by atoms with Crippen LogP contribution in [0, 0.1) is 17.0 Å². The lowest BCUT2D eigenvalue weighted by molar-refractivity contribution is -0.385. The monoisotopic (exact) mass is 425 g/mol. The van der Waals surface area contributed by atoms with Gasteiger partial charge in [-0.2, -0.15) is 13.2 Å². The van der Waals surface area contributed by atoms with Gasteiger partial charge in [0.2, 0.25) is 0 Å². The second kappa shape index (κ2) is 9.03. The molecule has 0 atom stereocenters. The zero-order valence-electron chi connectivity index (χ0n) is 15.3. The van der Waals surface area contributed by atoms with Crippen molar-refractivity contribution in [2.75, 3.05) is 17.2 Å². The third-order valence-electron chi connectivity index (χ3n) is 3.66. The molecule has 2 amide bonds. The lowest BCUT2D eigenvalue weighted by Gasteiger charge is -2.09. The van der Waals surface area contributed by atoms with Crippen LogP contribution in [0.3, 0.4) is 0 Å². The van der Waals surface area contributed by atoms with E-state index in [9.17, 15) is 37.7 Å². The summed E-state index contributed by atoms with van der Waals surface area (Å²) in [6.07, 6.45) is -5.05. The molecule has 158 valence electrons. The zero-order chi connectivity index (χ0) is 22.5. The number of aryl methyl sites for hydroxylation is 1. The molecule has 0 heterocycles. The maximum Gasteiger partial charge on any atom is 0.471 e. The number of nitrogens with one attached hydrogen (secondary N) is 2. The van der Waals surface area contributed by atoms with Crippen LogP contribution >= 0.6 is 0 Å². The number of ether oxygens (including phenoxy) is 1. The number of nitro groups is 1. The molecule has 0 fully saturated rings. The van der Waals surface area contributed by atoms with Crippen LogP contribution in [0.4, 0.5) is 30.2 Å². The minimum Gasteiger partial charge on any atom is -0.452 e. The maximum absolute atomic E-state index is 12.2. The van der Waals surface area contributed by atoms with Gasteiger partial charge in [0, 0.05) is 23.0 Å². The third kappa shape index (κ3) is 6.02. The predicted octanol–water partition coefficient (Wildman–Crippen LogP) is 3.20. The molecule has 9 nitrogen and oxygen atoms in total. The molecule has 0 saturated carbocycles. The topological polar surface area (TPSA) is 128 Å². The van der Waals surface area contributed by atoms with Gasteiger partial charge >= 0.3 is 18.1 Å². The van der Waals surface area contributed by atoms with Crippen molar-refractivity contribution in [3.63, 3.8) is 0 Å². The smallest absolute Gasteiger partial charge is 0.452 e. The number of carbonyl (C=O) groups is 3. The molecule has 12 heteroatoms. The van der Waals surface area contributed by atoms with Gasteiger partial charge in [0.1, 0.15) is 0 Å². The van der Waals surface area contributed by atoms with Crippen LogP contribution in [-0.4, -0.2) is 35.5 Å². The highest BCUT2D eigenvalue weighted by atomic mass is 19.4. The Kier molecular flexibility index (Phi) is 6.72. The second-order valence-corrected chi connectivity index (χ2v) is 5.91. The first-order valence-corrected chi connectivity index (χ1v) is 8.17. The number of hydrogen-bond donors (Lipinski definition) is 2. The Bertz CT molecular complexity index is 990. The normalized spacial score (nSPS) is 10.8. The largest absolute Gasteiger partial charge is 0.471 e. The molecule has 2 aromatic carbocycles. The first-order chi connectivity index (χ1) is 14.0. The number of esters is 1. The van der Waals surface area contributed by atoms with Crippen LogP contribution in [0.1, 0.15) is 15.9 Å². The molecule has 2 N–H and O–H groups in total. The Hall–Kier alpha value is -3.96. The van der Waals surface area contributed by atoms with Gasteiger partial charge in [-0.05, 0) is 37.3 Å². The van der Waals surface area contributed by atoms with Gasteiger partial charge in [0.25, 0.3) is 11.6 Å². The fraction of sp³-hybridized carbons (Fsp3) is 0.167. The van der Waals surface area contributed by atoms with Crippen molar-refractivity contribution >= 4 is 34.8 Å². The number of nitro benzene ring substituents is 1. The van der Waals surface area contributed by atoms with Gasteiger partial charge in [-0.15, -0.1) is 0 Å². The first-order valence-electron chi connectivity index (χ1n) is 8.17. The van der Waals surface area contributed by atoms with E-state index in [4.69, 9.17) is 4.74 Å². The van der Waals surface area contributed by atoms with E-state index in [0.29, 0.717) is 5.56 Å². The average molecular weight is 425 g/mol. The Morgan fingerprint density at radius 1 is 1.03 bits per heavy atom. The molecule has 0 aliphatic rings. The maximum atomic E-state index is 12.2. The highest BCUT2D eigenvalue weighted by Gasteiger charge is 2.38. The van der Waals surface area contributed by atoms with E-state index in [2.05, 4.69) is 5.32 Å². The molecular formula is C18H14F3N3O6. The summed E-state index contributed by atoms with van der Waals surface area (Å²) in [5.74, 6) is -3.85. The zero-order valence-corrected chi connectivity index (χ0v) is 15.3. The van der Waals surface area contributed by atoms with Crippen LogP contribution in [0.5, 0.6) is 0 Å². The number of amides is 2. The summed E-state index contributed by atoms with van der Waals surface area (Å²) in [6, 6.07) is 8.38. The molecule has 2 aromatic rings. The van der Waals surface area contributed by atoms with E-state index in [1.165, 1.54) is 19.1 Å². The molecule has 0 radical (unpaired) electrons. The van der Waals surface area contributed by atoms with Crippen LogP contribution in [0.15, 0.2) is 42.5 Å². The van der Waals surface area contributed by atoms with Crippen molar-refractivity contribution in [3.05, 3.63) is 63.7 Å². The van der Waals surface area contributed by atoms with E-state index in [1.807, 2.05) is 0 Å². The quantitative estimate of drug-likeness (QED) is 0.416. The van der Waals surface area contributed by atoms with Crippen molar-refractivity contribution in [1.29, 1.82) is 0 Å². The molecule has 0 aliphatic carbocycles. The van der Waals surface area contributed by atoms with Crippen LogP contribution in [-0.2, 0) is 14.3 Å². The third-order valence-corrected chi connectivity index (χ3v) is 3.66. The molecule has 0 unspecified atom stereocenters. The molecule has 0 bridgehead atoms. The van der Waals surface area contributed by atoms with Crippen molar-refractivity contribution in [2.24, 2.45) is 0 Å². The number of hydrogen-bond acceptors (Lipinski definition) is 6. The first kappa shape index (κ1) is 22.3. The average Bonchev–Trinajstić information content (AvgIpc) is 2.67. The van der Waals surface area contributed by atoms with Gasteiger partial charge in [0.15, 0.2) is 6.61 Å². The Labute approximate surface area is 167 Å². The summed E-state index contributed by atoms with van der Waals surface area (Å²) in [7, 11) is 0. The van der Waals surface area contributed by atoms with Crippen molar-refractivity contribution in [2.45, 2.75) is 13.1 Å². The van der Waals surface area contributed by atoms with Crippen LogP contribution < -0.4 is 10.6 Å². The Morgan fingerprint density at radius 3 is 2.20 bits per heavy atom. The number of nitrogens with zero attached hydrogens (tertiary/aromatic N) is 1. The fourth-order valence-corrected chi connectivity index (χ4v) is 2.19. The van der Waals surface area contributed by atoms with E-state index in [0.717, 1.165) is 30.3 Å². The summed E-state index contributed by atoms with van der Waals surface area (Å²) in [6.45, 7) is 0.832. The minimum atomic E-state index is -5.05. The van der Waals surface area contributed by atoms with E-state index in [-0.39, 0.29) is 22.6 Å². The number of rotatable bonds is 6. The number of halogens is 3. The van der Waals surface area contributed by atoms with Crippen molar-refractivity contribution in [1.82, 2.24) is 0 Å². The number of benzene rings is 2. The van der Waals surface area contributed by atoms with E-state index in [1.54, 1.807) is 5.32 Å². The highest BCUT2D eigenvalue weighted by molar-refractivity contribution is 5.97.